The number of nitrogens with zero attached hydrogens (tertiary/aromatic N) is 4. The smallest absolute Gasteiger partial charge is 0.255 e. The molecule has 30 heavy (non-hydrogen) atoms. The van der Waals surface area contributed by atoms with Crippen molar-refractivity contribution in [2.24, 2.45) is 0 Å². The van der Waals surface area contributed by atoms with Crippen LogP contribution in [0.15, 0.2) is 54.6 Å². The first-order valence-corrected chi connectivity index (χ1v) is 9.81. The van der Waals surface area contributed by atoms with Gasteiger partial charge in [0.2, 0.25) is 5.95 Å². The van der Waals surface area contributed by atoms with Gasteiger partial charge in [-0.3, -0.25) is 4.79 Å². The minimum absolute atomic E-state index is 0.265. The first kappa shape index (κ1) is 20.8. The number of hydrogen-bond donors (Lipinski definition) is 2. The molecule has 0 fully saturated rings. The number of anilines is 4. The van der Waals surface area contributed by atoms with Gasteiger partial charge in [-0.1, -0.05) is 6.07 Å². The molecule has 0 spiro atoms. The van der Waals surface area contributed by atoms with E-state index in [4.69, 9.17) is 5.26 Å². The van der Waals surface area contributed by atoms with Crippen LogP contribution in [0, 0.1) is 18.3 Å². The van der Waals surface area contributed by atoms with E-state index in [2.05, 4.69) is 39.3 Å². The third-order valence-corrected chi connectivity index (χ3v) is 4.58. The van der Waals surface area contributed by atoms with Gasteiger partial charge in [0.25, 0.3) is 5.91 Å². The summed E-state index contributed by atoms with van der Waals surface area (Å²) in [5.41, 5.74) is 3.24. The molecule has 0 saturated carbocycles. The molecule has 0 aliphatic rings. The van der Waals surface area contributed by atoms with Crippen LogP contribution in [0.3, 0.4) is 0 Å². The molecule has 3 rings (SSSR count). The van der Waals surface area contributed by atoms with Gasteiger partial charge >= 0.3 is 0 Å². The van der Waals surface area contributed by atoms with Gasteiger partial charge in [-0.05, 0) is 63.2 Å². The quantitative estimate of drug-likeness (QED) is 0.606. The molecular weight excluding hydrogens is 376 g/mol. The van der Waals surface area contributed by atoms with E-state index in [9.17, 15) is 4.79 Å². The van der Waals surface area contributed by atoms with Crippen LogP contribution in [0.1, 0.15) is 35.5 Å². The third-order valence-electron chi connectivity index (χ3n) is 4.58. The largest absolute Gasteiger partial charge is 0.357 e. The van der Waals surface area contributed by atoms with Crippen LogP contribution in [0.5, 0.6) is 0 Å². The number of aryl methyl sites for hydroxylation is 1. The Hall–Kier alpha value is -3.92. The van der Waals surface area contributed by atoms with E-state index in [0.717, 1.165) is 30.3 Å². The number of amides is 1. The Labute approximate surface area is 176 Å². The third kappa shape index (κ3) is 5.11. The van der Waals surface area contributed by atoms with Gasteiger partial charge in [-0.2, -0.15) is 10.2 Å². The topological polar surface area (TPSA) is 93.9 Å². The van der Waals surface area contributed by atoms with Crippen LogP contribution >= 0.6 is 0 Å². The zero-order valence-electron chi connectivity index (χ0n) is 17.3. The van der Waals surface area contributed by atoms with E-state index in [1.165, 1.54) is 0 Å². The fraction of sp³-hybridized carbons (Fsp3) is 0.217. The molecule has 0 bridgehead atoms. The summed E-state index contributed by atoms with van der Waals surface area (Å²) in [6.45, 7) is 7.88. The van der Waals surface area contributed by atoms with Gasteiger partial charge in [0.1, 0.15) is 5.82 Å². The normalized spacial score (nSPS) is 10.2. The summed E-state index contributed by atoms with van der Waals surface area (Å²) in [6.07, 6.45) is 0. The number of nitrogens with one attached hydrogen (secondary N) is 2. The second-order valence-corrected chi connectivity index (χ2v) is 6.71. The van der Waals surface area contributed by atoms with Crippen LogP contribution in [0.2, 0.25) is 0 Å². The second kappa shape index (κ2) is 9.52. The standard InChI is InChI=1S/C23H24N6O/c1-4-29(5-2)21-13-16(3)25-23(28-21)27-20-11-9-19(10-12-20)26-22(30)18-8-6-7-17(14-18)15-24/h6-14H,4-5H2,1-3H3,(H,26,30)(H,25,27,28). The zero-order chi connectivity index (χ0) is 21.5. The van der Waals surface area contributed by atoms with Gasteiger partial charge in [-0.15, -0.1) is 0 Å². The molecule has 1 aromatic heterocycles. The molecule has 0 aliphatic carbocycles. The maximum Gasteiger partial charge on any atom is 0.255 e. The highest BCUT2D eigenvalue weighted by molar-refractivity contribution is 6.04. The van der Waals surface area contributed by atoms with E-state index < -0.39 is 0 Å². The van der Waals surface area contributed by atoms with Crippen molar-refractivity contribution in [3.8, 4) is 6.07 Å². The first-order valence-electron chi connectivity index (χ1n) is 9.81. The Bertz CT molecular complexity index is 1070. The molecule has 0 aliphatic heterocycles. The van der Waals surface area contributed by atoms with Crippen molar-refractivity contribution in [3.05, 3.63) is 71.4 Å². The van der Waals surface area contributed by atoms with Crippen molar-refractivity contribution in [3.63, 3.8) is 0 Å². The Balaban J connectivity index is 1.70. The number of benzene rings is 2. The summed E-state index contributed by atoms with van der Waals surface area (Å²) in [7, 11) is 0. The maximum absolute atomic E-state index is 12.4. The van der Waals surface area contributed by atoms with Crippen LogP contribution < -0.4 is 15.5 Å². The Kier molecular flexibility index (Phi) is 6.60. The molecule has 2 aromatic carbocycles. The highest BCUT2D eigenvalue weighted by atomic mass is 16.1. The summed E-state index contributed by atoms with van der Waals surface area (Å²) < 4.78 is 0. The average Bonchev–Trinajstić information content (AvgIpc) is 2.75. The van der Waals surface area contributed by atoms with Crippen molar-refractivity contribution in [2.75, 3.05) is 28.6 Å². The Morgan fingerprint density at radius 3 is 2.40 bits per heavy atom. The molecule has 7 nitrogen and oxygen atoms in total. The number of nitriles is 1. The molecule has 0 unspecified atom stereocenters. The van der Waals surface area contributed by atoms with E-state index in [1.54, 1.807) is 36.4 Å². The van der Waals surface area contributed by atoms with Crippen LogP contribution in [0.4, 0.5) is 23.1 Å². The van der Waals surface area contributed by atoms with Crippen molar-refractivity contribution < 1.29 is 4.79 Å². The summed E-state index contributed by atoms with van der Waals surface area (Å²) >= 11 is 0. The molecule has 0 saturated heterocycles. The summed E-state index contributed by atoms with van der Waals surface area (Å²) in [5, 5.41) is 15.0. The highest BCUT2D eigenvalue weighted by Gasteiger charge is 2.09. The molecular formula is C23H24N6O. The van der Waals surface area contributed by atoms with Crippen molar-refractivity contribution in [2.45, 2.75) is 20.8 Å². The number of aromatic nitrogens is 2. The Morgan fingerprint density at radius 2 is 1.73 bits per heavy atom. The van der Waals surface area contributed by atoms with Crippen molar-refractivity contribution in [1.29, 1.82) is 5.26 Å². The fourth-order valence-corrected chi connectivity index (χ4v) is 3.02. The van der Waals surface area contributed by atoms with E-state index in [-0.39, 0.29) is 5.91 Å². The summed E-state index contributed by atoms with van der Waals surface area (Å²) in [4.78, 5) is 23.6. The number of rotatable bonds is 7. The summed E-state index contributed by atoms with van der Waals surface area (Å²) in [6, 6.07) is 17.9. The second-order valence-electron chi connectivity index (χ2n) is 6.71. The lowest BCUT2D eigenvalue weighted by molar-refractivity contribution is 0.102. The lowest BCUT2D eigenvalue weighted by Gasteiger charge is -2.20. The predicted molar refractivity (Wildman–Crippen MR) is 119 cm³/mol. The average molecular weight is 400 g/mol. The molecule has 0 atom stereocenters. The van der Waals surface area contributed by atoms with Crippen molar-refractivity contribution in [1.82, 2.24) is 9.97 Å². The lowest BCUT2D eigenvalue weighted by atomic mass is 10.1. The van der Waals surface area contributed by atoms with Crippen LogP contribution in [-0.2, 0) is 0 Å². The van der Waals surface area contributed by atoms with Crippen molar-refractivity contribution >= 4 is 29.0 Å². The van der Waals surface area contributed by atoms with E-state index >= 15 is 0 Å². The number of carbonyl (C=O) groups is 1. The highest BCUT2D eigenvalue weighted by Crippen LogP contribution is 2.20. The van der Waals surface area contributed by atoms with Gasteiger partial charge in [0.15, 0.2) is 0 Å². The Morgan fingerprint density at radius 1 is 1.03 bits per heavy atom. The molecule has 152 valence electrons. The molecule has 0 radical (unpaired) electrons. The van der Waals surface area contributed by atoms with Gasteiger partial charge in [0, 0.05) is 41.8 Å². The molecule has 3 aromatic rings. The van der Waals surface area contributed by atoms with Crippen LogP contribution in [-0.4, -0.2) is 29.0 Å². The monoisotopic (exact) mass is 400 g/mol. The van der Waals surface area contributed by atoms with Gasteiger partial charge < -0.3 is 15.5 Å². The summed E-state index contributed by atoms with van der Waals surface area (Å²) in [5.74, 6) is 1.15. The lowest BCUT2D eigenvalue weighted by Crippen LogP contribution is -2.23. The maximum atomic E-state index is 12.4. The SMILES string of the molecule is CCN(CC)c1cc(C)nc(Nc2ccc(NC(=O)c3cccc(C#N)c3)cc2)n1. The number of carbonyl (C=O) groups excluding carboxylic acids is 1. The molecule has 1 heterocycles. The fourth-order valence-electron chi connectivity index (χ4n) is 3.02. The van der Waals surface area contributed by atoms with E-state index in [1.807, 2.05) is 31.2 Å². The minimum atomic E-state index is -0.265. The van der Waals surface area contributed by atoms with E-state index in [0.29, 0.717) is 22.8 Å². The molecule has 1 amide bonds. The predicted octanol–water partition coefficient (Wildman–Crippen LogP) is 4.50. The molecule has 2 N–H and O–H groups in total. The zero-order valence-corrected chi connectivity index (χ0v) is 17.3. The minimum Gasteiger partial charge on any atom is -0.357 e. The van der Waals surface area contributed by atoms with Gasteiger partial charge in [0.05, 0.1) is 11.6 Å². The molecule has 7 heteroatoms. The van der Waals surface area contributed by atoms with Gasteiger partial charge in [-0.25, -0.2) is 4.98 Å². The number of hydrogen-bond acceptors (Lipinski definition) is 6. The van der Waals surface area contributed by atoms with Crippen LogP contribution in [0.25, 0.3) is 0 Å². The first-order chi connectivity index (χ1) is 14.5.